The number of hydrogen-bond acceptors (Lipinski definition) is 11. The minimum atomic E-state index is -4.99. The van der Waals surface area contributed by atoms with E-state index in [1.165, 1.54) is 135 Å². The summed E-state index contributed by atoms with van der Waals surface area (Å²) in [6, 6.07) is 0. The van der Waals surface area contributed by atoms with Crippen LogP contribution in [0.1, 0.15) is 174 Å². The number of hydrogen-bond donors (Lipinski definition) is 7. The third-order valence-corrected chi connectivity index (χ3v) is 10.8. The van der Waals surface area contributed by atoms with Gasteiger partial charge in [-0.3, -0.25) is 13.8 Å². The Hall–Kier alpha value is -0.920. The van der Waals surface area contributed by atoms with Gasteiger partial charge in [0.2, 0.25) is 0 Å². The van der Waals surface area contributed by atoms with Gasteiger partial charge in [-0.15, -0.1) is 0 Å². The highest BCUT2D eigenvalue weighted by Crippen LogP contribution is 2.47. The summed E-state index contributed by atoms with van der Waals surface area (Å²) in [6.45, 7) is 1.02. The first-order valence-electron chi connectivity index (χ1n) is 20.5. The lowest BCUT2D eigenvalue weighted by Gasteiger charge is -2.41. The van der Waals surface area contributed by atoms with Gasteiger partial charge >= 0.3 is 13.8 Å². The van der Waals surface area contributed by atoms with E-state index in [9.17, 15) is 44.9 Å². The van der Waals surface area contributed by atoms with Crippen LogP contribution in [0.5, 0.6) is 0 Å². The van der Waals surface area contributed by atoms with Crippen LogP contribution in [-0.2, 0) is 23.1 Å². The summed E-state index contributed by atoms with van der Waals surface area (Å²) in [4.78, 5) is 21.9. The van der Waals surface area contributed by atoms with Crippen LogP contribution in [0.2, 0.25) is 0 Å². The average molecular weight is 767 g/mol. The summed E-state index contributed by atoms with van der Waals surface area (Å²) in [5.41, 5.74) is 0. The summed E-state index contributed by atoms with van der Waals surface area (Å²) in [5, 5.41) is 58.8. The lowest BCUT2D eigenvalue weighted by atomic mass is 9.85. The molecule has 1 fully saturated rings. The Labute approximate surface area is 314 Å². The van der Waals surface area contributed by atoms with Crippen molar-refractivity contribution >= 4 is 13.8 Å². The van der Waals surface area contributed by atoms with Gasteiger partial charge in [0.15, 0.2) is 0 Å². The Bertz CT molecular complexity index is 921. The number of esters is 1. The van der Waals surface area contributed by atoms with Gasteiger partial charge in [0.25, 0.3) is 0 Å². The van der Waals surface area contributed by atoms with Crippen LogP contribution < -0.4 is 0 Å². The number of carbonyl (C=O) groups excluding carboxylic acids is 1. The van der Waals surface area contributed by atoms with Gasteiger partial charge in [-0.1, -0.05) is 147 Å². The number of rotatable bonds is 34. The quantitative estimate of drug-likeness (QED) is 0.0154. The van der Waals surface area contributed by atoms with E-state index in [0.717, 1.165) is 19.3 Å². The van der Waals surface area contributed by atoms with Crippen LogP contribution in [-0.4, -0.2) is 97.4 Å². The second-order valence-electron chi connectivity index (χ2n) is 14.7. The molecule has 0 amide bonds. The second kappa shape index (κ2) is 31.3. The molecular formula is C39H75O12P. The predicted molar refractivity (Wildman–Crippen MR) is 203 cm³/mol. The Balaban J connectivity index is 1.87. The molecule has 0 saturated heterocycles. The molecule has 1 aliphatic carbocycles. The van der Waals surface area contributed by atoms with E-state index in [1.807, 2.05) is 0 Å². The molecule has 0 aromatic rings. The van der Waals surface area contributed by atoms with Gasteiger partial charge in [0.1, 0.15) is 49.3 Å². The molecular weight excluding hydrogens is 691 g/mol. The zero-order valence-electron chi connectivity index (χ0n) is 32.1. The van der Waals surface area contributed by atoms with Crippen molar-refractivity contribution in [1.82, 2.24) is 0 Å². The molecule has 0 aromatic heterocycles. The Morgan fingerprint density at radius 3 is 1.37 bits per heavy atom. The fourth-order valence-corrected chi connectivity index (χ4v) is 7.44. The van der Waals surface area contributed by atoms with Crippen LogP contribution in [0, 0.1) is 0 Å². The van der Waals surface area contributed by atoms with E-state index in [0.29, 0.717) is 6.42 Å². The van der Waals surface area contributed by atoms with Crippen molar-refractivity contribution < 1.29 is 58.7 Å². The van der Waals surface area contributed by atoms with E-state index in [1.54, 1.807) is 0 Å². The molecule has 13 heteroatoms. The smallest absolute Gasteiger partial charge is 0.463 e. The van der Waals surface area contributed by atoms with Gasteiger partial charge < -0.3 is 40.3 Å². The van der Waals surface area contributed by atoms with Gasteiger partial charge in [0, 0.05) is 6.42 Å². The van der Waals surface area contributed by atoms with Crippen LogP contribution in [0.4, 0.5) is 0 Å². The van der Waals surface area contributed by atoms with Gasteiger partial charge in [-0.25, -0.2) is 4.57 Å². The van der Waals surface area contributed by atoms with E-state index < -0.39 is 69.7 Å². The molecule has 8 atom stereocenters. The second-order valence-corrected chi connectivity index (χ2v) is 16.1. The Kier molecular flexibility index (Phi) is 29.6. The van der Waals surface area contributed by atoms with Crippen molar-refractivity contribution in [3.8, 4) is 0 Å². The Morgan fingerprint density at radius 1 is 0.577 bits per heavy atom. The lowest BCUT2D eigenvalue weighted by molar-refractivity contribution is -0.220. The molecule has 1 aliphatic rings. The number of carbonyl (C=O) groups is 1. The van der Waals surface area contributed by atoms with Crippen molar-refractivity contribution in [2.24, 2.45) is 0 Å². The first-order chi connectivity index (χ1) is 25.0. The van der Waals surface area contributed by atoms with Crippen molar-refractivity contribution in [1.29, 1.82) is 0 Å². The maximum absolute atomic E-state index is 12.2. The highest BCUT2D eigenvalue weighted by Gasteiger charge is 2.51. The number of unbranched alkanes of at least 4 members (excludes halogenated alkanes) is 23. The minimum absolute atomic E-state index is 0.195. The number of ether oxygens (including phenoxy) is 1. The number of phosphoric acid groups is 1. The molecule has 0 radical (unpaired) electrons. The lowest BCUT2D eigenvalue weighted by Crippen LogP contribution is -2.64. The Morgan fingerprint density at radius 2 is 0.942 bits per heavy atom. The molecule has 0 heterocycles. The average Bonchev–Trinajstić information content (AvgIpc) is 3.13. The van der Waals surface area contributed by atoms with E-state index >= 15 is 0 Å². The monoisotopic (exact) mass is 766 g/mol. The van der Waals surface area contributed by atoms with E-state index in [2.05, 4.69) is 28.1 Å². The number of phosphoric ester groups is 1. The third-order valence-electron chi connectivity index (χ3n) is 9.84. The molecule has 1 saturated carbocycles. The molecule has 0 spiro atoms. The molecule has 7 N–H and O–H groups in total. The standard InChI is InChI=1S/C39H75O12P/c1-2-3-4-5-6-7-8-9-10-11-12-13-14-15-16-17-18-19-20-21-22-23-24-25-26-27-28-29-33(41)49-30-32(40)31-50-52(47,48)51-39-37(45)35(43)34(42)36(44)38(39)46/h9-10,32,34-40,42-46H,2-8,11-31H2,1H3,(H,47,48)/b10-9-/t32-,34-,35?,36?,37+,38?,39-/m0/s1. The van der Waals surface area contributed by atoms with Crippen molar-refractivity contribution in [3.63, 3.8) is 0 Å². The van der Waals surface area contributed by atoms with Gasteiger partial charge in [-0.05, 0) is 32.1 Å². The predicted octanol–water partition coefficient (Wildman–Crippen LogP) is 6.93. The van der Waals surface area contributed by atoms with Crippen LogP contribution in [0.3, 0.4) is 0 Å². The summed E-state index contributed by atoms with van der Waals surface area (Å²) >= 11 is 0. The van der Waals surface area contributed by atoms with Crippen molar-refractivity contribution in [2.45, 2.75) is 217 Å². The molecule has 0 bridgehead atoms. The maximum Gasteiger partial charge on any atom is 0.472 e. The maximum atomic E-state index is 12.2. The zero-order valence-corrected chi connectivity index (χ0v) is 33.0. The molecule has 12 nitrogen and oxygen atoms in total. The normalized spacial score (nSPS) is 23.9. The topological polar surface area (TPSA) is 203 Å². The number of allylic oxidation sites excluding steroid dienone is 2. The highest BCUT2D eigenvalue weighted by atomic mass is 31.2. The summed E-state index contributed by atoms with van der Waals surface area (Å²) in [7, 11) is -4.99. The fourth-order valence-electron chi connectivity index (χ4n) is 6.46. The van der Waals surface area contributed by atoms with E-state index in [-0.39, 0.29) is 6.42 Å². The first-order valence-corrected chi connectivity index (χ1v) is 22.0. The number of aliphatic hydroxyl groups is 6. The largest absolute Gasteiger partial charge is 0.472 e. The van der Waals surface area contributed by atoms with Crippen molar-refractivity contribution in [3.05, 3.63) is 12.2 Å². The molecule has 308 valence electrons. The molecule has 0 aliphatic heterocycles. The van der Waals surface area contributed by atoms with Crippen LogP contribution >= 0.6 is 7.82 Å². The summed E-state index contributed by atoms with van der Waals surface area (Å²) < 4.78 is 26.5. The molecule has 4 unspecified atom stereocenters. The van der Waals surface area contributed by atoms with Gasteiger partial charge in [-0.2, -0.15) is 0 Å². The molecule has 0 aromatic carbocycles. The van der Waals surface area contributed by atoms with Crippen molar-refractivity contribution in [2.75, 3.05) is 13.2 Å². The van der Waals surface area contributed by atoms with E-state index in [4.69, 9.17) is 4.74 Å². The SMILES string of the molecule is CCCCCCCC/C=C\CCCCCCCCCCCCCCCCCCCC(=O)OC[C@H](O)COP(=O)(O)O[C@@H]1C(O)C(O)[C@@H](O)C(O)[C@H]1O. The fraction of sp³-hybridized carbons (Fsp3) is 0.923. The molecule has 1 rings (SSSR count). The van der Waals surface area contributed by atoms with Gasteiger partial charge in [0.05, 0.1) is 6.61 Å². The van der Waals surface area contributed by atoms with Crippen LogP contribution in [0.25, 0.3) is 0 Å². The number of aliphatic hydroxyl groups excluding tert-OH is 6. The van der Waals surface area contributed by atoms with Crippen LogP contribution in [0.15, 0.2) is 12.2 Å². The highest BCUT2D eigenvalue weighted by molar-refractivity contribution is 7.47. The minimum Gasteiger partial charge on any atom is -0.463 e. The first kappa shape index (κ1) is 49.1. The summed E-state index contributed by atoms with van der Waals surface area (Å²) in [6.07, 6.45) is 23.6. The zero-order chi connectivity index (χ0) is 38.5. The molecule has 52 heavy (non-hydrogen) atoms. The summed E-state index contributed by atoms with van der Waals surface area (Å²) in [5.74, 6) is -0.505. The third kappa shape index (κ3) is 24.5.